The molecule has 5 unspecified atom stereocenters. The first kappa shape index (κ1) is 8.84. The van der Waals surface area contributed by atoms with Crippen LogP contribution in [0.15, 0.2) is 0 Å². The number of hydrogen-bond acceptors (Lipinski definition) is 6. The zero-order chi connectivity index (χ0) is 10.7. The number of carbonyl (C=O) groups excluding carboxylic acids is 3. The Balaban J connectivity index is 1.99. The first-order valence-electron chi connectivity index (χ1n) is 4.71. The van der Waals surface area contributed by atoms with E-state index in [0.717, 1.165) is 0 Å². The number of cyclic esters (lactones) is 3. The van der Waals surface area contributed by atoms with Crippen LogP contribution >= 0.6 is 0 Å². The third-order valence-electron chi connectivity index (χ3n) is 3.17. The van der Waals surface area contributed by atoms with E-state index in [2.05, 4.69) is 4.74 Å². The number of carbonyl (C=O) groups is 3. The maximum absolute atomic E-state index is 11.4. The fourth-order valence-corrected chi connectivity index (χ4v) is 2.51. The van der Waals surface area contributed by atoms with Crippen molar-refractivity contribution in [3.63, 3.8) is 0 Å². The monoisotopic (exact) mass is 212 g/mol. The Hall–Kier alpha value is -1.43. The van der Waals surface area contributed by atoms with Crippen LogP contribution in [0.3, 0.4) is 0 Å². The number of rotatable bonds is 0. The Morgan fingerprint density at radius 2 is 1.73 bits per heavy atom. The van der Waals surface area contributed by atoms with E-state index >= 15 is 0 Å². The summed E-state index contributed by atoms with van der Waals surface area (Å²) >= 11 is 0. The summed E-state index contributed by atoms with van der Waals surface area (Å²) in [5.41, 5.74) is 0. The fraction of sp³-hybridized carbons (Fsp3) is 0.667. The third kappa shape index (κ3) is 0.944. The zero-order valence-electron chi connectivity index (χ0n) is 7.84. The summed E-state index contributed by atoms with van der Waals surface area (Å²) in [6.45, 7) is 1.68. The van der Waals surface area contributed by atoms with Crippen LogP contribution in [0.4, 0.5) is 0 Å². The molecule has 15 heavy (non-hydrogen) atoms. The van der Waals surface area contributed by atoms with Crippen molar-refractivity contribution in [3.05, 3.63) is 0 Å². The Bertz CT molecular complexity index is 375. The predicted octanol–water partition coefficient (Wildman–Crippen LogP) is -0.985. The van der Waals surface area contributed by atoms with Crippen LogP contribution in [0.5, 0.6) is 0 Å². The van der Waals surface area contributed by atoms with Gasteiger partial charge in [-0.3, -0.25) is 4.79 Å². The van der Waals surface area contributed by atoms with E-state index < -0.39 is 42.1 Å². The molecule has 6 nitrogen and oxygen atoms in total. The molecular weight excluding hydrogens is 204 g/mol. The van der Waals surface area contributed by atoms with Gasteiger partial charge in [-0.25, -0.2) is 9.59 Å². The Labute approximate surface area is 84.5 Å². The molecule has 0 radical (unpaired) electrons. The van der Waals surface area contributed by atoms with Gasteiger partial charge in [-0.15, -0.1) is 0 Å². The highest BCUT2D eigenvalue weighted by Crippen LogP contribution is 2.44. The molecular formula is C9H8O6. The van der Waals surface area contributed by atoms with E-state index in [4.69, 9.17) is 9.47 Å². The highest BCUT2D eigenvalue weighted by molar-refractivity contribution is 6.00. The summed E-state index contributed by atoms with van der Waals surface area (Å²) in [4.78, 5) is 33.9. The summed E-state index contributed by atoms with van der Waals surface area (Å²) in [7, 11) is 0. The van der Waals surface area contributed by atoms with Crippen LogP contribution in [0.2, 0.25) is 0 Å². The molecule has 3 aliphatic heterocycles. The largest absolute Gasteiger partial charge is 0.460 e. The van der Waals surface area contributed by atoms with E-state index in [1.165, 1.54) is 0 Å². The van der Waals surface area contributed by atoms with Crippen LogP contribution in [-0.2, 0) is 28.6 Å². The summed E-state index contributed by atoms with van der Waals surface area (Å²) in [6.07, 6.45) is -2.11. The van der Waals surface area contributed by atoms with Gasteiger partial charge in [0.1, 0.15) is 12.0 Å². The van der Waals surface area contributed by atoms with E-state index in [1.54, 1.807) is 6.92 Å². The van der Waals surface area contributed by atoms with Crippen molar-refractivity contribution >= 4 is 17.9 Å². The van der Waals surface area contributed by atoms with Gasteiger partial charge >= 0.3 is 17.9 Å². The first-order chi connectivity index (χ1) is 7.09. The van der Waals surface area contributed by atoms with E-state index in [9.17, 15) is 14.4 Å². The van der Waals surface area contributed by atoms with Crippen LogP contribution in [0.1, 0.15) is 6.92 Å². The molecule has 3 rings (SSSR count). The van der Waals surface area contributed by atoms with Crippen molar-refractivity contribution in [3.8, 4) is 0 Å². The van der Waals surface area contributed by atoms with Crippen molar-refractivity contribution < 1.29 is 28.6 Å². The maximum atomic E-state index is 11.4. The summed E-state index contributed by atoms with van der Waals surface area (Å²) in [6, 6.07) is 0. The van der Waals surface area contributed by atoms with Crippen LogP contribution in [0, 0.1) is 11.8 Å². The molecule has 5 atom stereocenters. The van der Waals surface area contributed by atoms with E-state index in [-0.39, 0.29) is 5.92 Å². The minimum atomic E-state index is -0.914. The van der Waals surface area contributed by atoms with E-state index in [1.807, 2.05) is 0 Å². The standard InChI is InChI=1S/C9H8O6/c1-2-3-4-6(9(12)15-7(4)10)14-5(3)8(11)13-2/h2-6H,1H3. The van der Waals surface area contributed by atoms with Gasteiger partial charge in [0.05, 0.1) is 0 Å². The molecule has 0 saturated carbocycles. The summed E-state index contributed by atoms with van der Waals surface area (Å²) < 4.78 is 14.6. The molecule has 80 valence electrons. The minimum absolute atomic E-state index is 0.388. The molecule has 0 bridgehead atoms. The van der Waals surface area contributed by atoms with Crippen molar-refractivity contribution in [1.29, 1.82) is 0 Å². The van der Waals surface area contributed by atoms with Gasteiger partial charge in [0, 0.05) is 5.92 Å². The van der Waals surface area contributed by atoms with Crippen molar-refractivity contribution in [1.82, 2.24) is 0 Å². The van der Waals surface area contributed by atoms with Crippen LogP contribution < -0.4 is 0 Å². The van der Waals surface area contributed by atoms with Gasteiger partial charge in [0.2, 0.25) is 0 Å². The molecule has 0 aliphatic carbocycles. The van der Waals surface area contributed by atoms with Gasteiger partial charge in [-0.1, -0.05) is 0 Å². The molecule has 3 saturated heterocycles. The fourth-order valence-electron chi connectivity index (χ4n) is 2.51. The Morgan fingerprint density at radius 1 is 1.00 bits per heavy atom. The van der Waals surface area contributed by atoms with Crippen LogP contribution in [-0.4, -0.2) is 36.2 Å². The normalized spacial score (nSPS) is 47.5. The molecule has 0 aromatic carbocycles. The van der Waals surface area contributed by atoms with Gasteiger partial charge in [0.25, 0.3) is 0 Å². The number of esters is 3. The lowest BCUT2D eigenvalue weighted by molar-refractivity contribution is -0.159. The smallest absolute Gasteiger partial charge is 0.343 e. The molecule has 0 aromatic rings. The SMILES string of the molecule is CC1OC(=O)C2OC3C(=O)OC(=O)C3C12. The molecule has 6 heteroatoms. The summed E-state index contributed by atoms with van der Waals surface area (Å²) in [5, 5.41) is 0. The average molecular weight is 212 g/mol. The zero-order valence-corrected chi connectivity index (χ0v) is 7.84. The van der Waals surface area contributed by atoms with Crippen molar-refractivity contribution in [2.75, 3.05) is 0 Å². The second-order valence-electron chi connectivity index (χ2n) is 3.96. The Kier molecular flexibility index (Phi) is 1.52. The third-order valence-corrected chi connectivity index (χ3v) is 3.17. The predicted molar refractivity (Wildman–Crippen MR) is 42.3 cm³/mol. The molecule has 3 aliphatic rings. The first-order valence-corrected chi connectivity index (χ1v) is 4.71. The number of hydrogen-bond donors (Lipinski definition) is 0. The molecule has 0 spiro atoms. The summed E-state index contributed by atoms with van der Waals surface area (Å²) in [5.74, 6) is -2.87. The average Bonchev–Trinajstić information content (AvgIpc) is 2.72. The highest BCUT2D eigenvalue weighted by Gasteiger charge is 2.65. The Morgan fingerprint density at radius 3 is 2.47 bits per heavy atom. The molecule has 3 heterocycles. The number of fused-ring (bicyclic) bond motifs is 3. The van der Waals surface area contributed by atoms with Gasteiger partial charge in [-0.2, -0.15) is 0 Å². The lowest BCUT2D eigenvalue weighted by Gasteiger charge is -2.12. The second kappa shape index (κ2) is 2.57. The lowest BCUT2D eigenvalue weighted by Crippen LogP contribution is -2.29. The van der Waals surface area contributed by atoms with Crippen LogP contribution in [0.25, 0.3) is 0 Å². The van der Waals surface area contributed by atoms with Crippen molar-refractivity contribution in [2.24, 2.45) is 11.8 Å². The minimum Gasteiger partial charge on any atom is -0.460 e. The van der Waals surface area contributed by atoms with E-state index in [0.29, 0.717) is 0 Å². The molecule has 0 aromatic heterocycles. The van der Waals surface area contributed by atoms with Gasteiger partial charge in [-0.05, 0) is 6.92 Å². The quantitative estimate of drug-likeness (QED) is 0.379. The highest BCUT2D eigenvalue weighted by atomic mass is 16.6. The van der Waals surface area contributed by atoms with Crippen molar-refractivity contribution in [2.45, 2.75) is 25.2 Å². The van der Waals surface area contributed by atoms with Gasteiger partial charge in [0.15, 0.2) is 12.2 Å². The van der Waals surface area contributed by atoms with Gasteiger partial charge < -0.3 is 14.2 Å². The second-order valence-corrected chi connectivity index (χ2v) is 3.96. The molecule has 3 fully saturated rings. The number of ether oxygens (including phenoxy) is 3. The topological polar surface area (TPSA) is 78.9 Å². The maximum Gasteiger partial charge on any atom is 0.343 e. The molecule has 0 amide bonds. The lowest BCUT2D eigenvalue weighted by atomic mass is 9.86. The molecule has 0 N–H and O–H groups in total.